The first-order chi connectivity index (χ1) is 14.8. The lowest BCUT2D eigenvalue weighted by atomic mass is 10.2. The van der Waals surface area contributed by atoms with Crippen molar-refractivity contribution in [2.45, 2.75) is 24.5 Å². The standard InChI is InChI=1S/C22H22N2O6S/c1-16(21(25)24(2)18-7-4-3-5-8-18)30-22(26)17-10-12-20(13-11-17)31(27,28)23-15-19-9-6-14-29-19/h3-14,16,23H,15H2,1-2H3. The number of hydrogen-bond donors (Lipinski definition) is 1. The van der Waals surface area contributed by atoms with Crippen LogP contribution in [0.1, 0.15) is 23.0 Å². The van der Waals surface area contributed by atoms with Crippen molar-refractivity contribution in [1.82, 2.24) is 4.72 Å². The molecule has 0 aliphatic carbocycles. The van der Waals surface area contributed by atoms with Crippen molar-refractivity contribution >= 4 is 27.6 Å². The molecule has 0 bridgehead atoms. The van der Waals surface area contributed by atoms with Gasteiger partial charge in [-0.05, 0) is 55.5 Å². The largest absolute Gasteiger partial charge is 0.468 e. The summed E-state index contributed by atoms with van der Waals surface area (Å²) in [7, 11) is -2.19. The lowest BCUT2D eigenvalue weighted by molar-refractivity contribution is -0.126. The Bertz CT molecular complexity index is 1130. The van der Waals surface area contributed by atoms with Gasteiger partial charge in [-0.15, -0.1) is 0 Å². The Labute approximate surface area is 180 Å². The molecular formula is C22H22N2O6S. The first-order valence-electron chi connectivity index (χ1n) is 9.43. The van der Waals surface area contributed by atoms with Crippen LogP contribution >= 0.6 is 0 Å². The first-order valence-corrected chi connectivity index (χ1v) is 10.9. The smallest absolute Gasteiger partial charge is 0.338 e. The van der Waals surface area contributed by atoms with Gasteiger partial charge in [-0.2, -0.15) is 0 Å². The highest BCUT2D eigenvalue weighted by molar-refractivity contribution is 7.89. The number of esters is 1. The van der Waals surface area contributed by atoms with Crippen molar-refractivity contribution < 1.29 is 27.2 Å². The number of furan rings is 1. The number of benzene rings is 2. The number of rotatable bonds is 8. The van der Waals surface area contributed by atoms with Gasteiger partial charge in [0.05, 0.1) is 23.3 Å². The second-order valence-corrected chi connectivity index (χ2v) is 8.48. The van der Waals surface area contributed by atoms with E-state index in [9.17, 15) is 18.0 Å². The van der Waals surface area contributed by atoms with Gasteiger partial charge in [-0.3, -0.25) is 4.79 Å². The summed E-state index contributed by atoms with van der Waals surface area (Å²) in [5, 5.41) is 0. The van der Waals surface area contributed by atoms with Gasteiger partial charge >= 0.3 is 5.97 Å². The van der Waals surface area contributed by atoms with E-state index in [4.69, 9.17) is 9.15 Å². The predicted molar refractivity (Wildman–Crippen MR) is 114 cm³/mol. The third-order valence-electron chi connectivity index (χ3n) is 4.52. The molecule has 1 amide bonds. The summed E-state index contributed by atoms with van der Waals surface area (Å²) in [6.07, 6.45) is 0.434. The molecule has 0 fully saturated rings. The maximum atomic E-state index is 12.5. The third-order valence-corrected chi connectivity index (χ3v) is 5.94. The molecular weight excluding hydrogens is 420 g/mol. The van der Waals surface area contributed by atoms with Crippen LogP contribution in [0.25, 0.3) is 0 Å². The van der Waals surface area contributed by atoms with Crippen LogP contribution in [-0.2, 0) is 26.1 Å². The van der Waals surface area contributed by atoms with Crippen LogP contribution in [0.2, 0.25) is 0 Å². The van der Waals surface area contributed by atoms with Gasteiger partial charge in [0.25, 0.3) is 5.91 Å². The molecule has 0 radical (unpaired) electrons. The van der Waals surface area contributed by atoms with Crippen LogP contribution in [0.15, 0.2) is 82.3 Å². The number of amides is 1. The number of sulfonamides is 1. The van der Waals surface area contributed by atoms with E-state index >= 15 is 0 Å². The molecule has 1 N–H and O–H groups in total. The lowest BCUT2D eigenvalue weighted by Gasteiger charge is -2.21. The molecule has 0 saturated carbocycles. The summed E-state index contributed by atoms with van der Waals surface area (Å²) in [5.41, 5.74) is 0.805. The van der Waals surface area contributed by atoms with Gasteiger partial charge in [0, 0.05) is 12.7 Å². The summed E-state index contributed by atoms with van der Waals surface area (Å²) >= 11 is 0. The van der Waals surface area contributed by atoms with Crippen molar-refractivity contribution in [3.8, 4) is 0 Å². The molecule has 9 heteroatoms. The fourth-order valence-corrected chi connectivity index (χ4v) is 3.76. The van der Waals surface area contributed by atoms with Crippen molar-refractivity contribution in [2.24, 2.45) is 0 Å². The van der Waals surface area contributed by atoms with E-state index < -0.39 is 22.1 Å². The second-order valence-electron chi connectivity index (χ2n) is 6.71. The van der Waals surface area contributed by atoms with E-state index in [1.807, 2.05) is 6.07 Å². The molecule has 2 aromatic carbocycles. The lowest BCUT2D eigenvalue weighted by Crippen LogP contribution is -2.37. The highest BCUT2D eigenvalue weighted by Crippen LogP contribution is 2.16. The predicted octanol–water partition coefficient (Wildman–Crippen LogP) is 2.97. The van der Waals surface area contributed by atoms with Gasteiger partial charge in [0.2, 0.25) is 10.0 Å². The average molecular weight is 442 g/mol. The van der Waals surface area contributed by atoms with Gasteiger partial charge in [-0.25, -0.2) is 17.9 Å². The van der Waals surface area contributed by atoms with E-state index in [-0.39, 0.29) is 22.9 Å². The normalized spacial score (nSPS) is 12.2. The van der Waals surface area contributed by atoms with Crippen molar-refractivity contribution in [3.05, 3.63) is 84.3 Å². The maximum Gasteiger partial charge on any atom is 0.338 e. The molecule has 162 valence electrons. The quantitative estimate of drug-likeness (QED) is 0.538. The van der Waals surface area contributed by atoms with Gasteiger partial charge in [0.15, 0.2) is 6.10 Å². The zero-order chi connectivity index (χ0) is 22.4. The summed E-state index contributed by atoms with van der Waals surface area (Å²) in [4.78, 5) is 26.3. The first kappa shape index (κ1) is 22.3. The Hall–Kier alpha value is -3.43. The fraction of sp³-hybridized carbons (Fsp3) is 0.182. The highest BCUT2D eigenvalue weighted by atomic mass is 32.2. The van der Waals surface area contributed by atoms with Crippen LogP contribution in [-0.4, -0.2) is 33.4 Å². The van der Waals surface area contributed by atoms with Crippen LogP contribution in [0.5, 0.6) is 0 Å². The number of para-hydroxylation sites is 1. The molecule has 3 aromatic rings. The van der Waals surface area contributed by atoms with Gasteiger partial charge in [0.1, 0.15) is 5.76 Å². The van der Waals surface area contributed by atoms with Crippen LogP contribution in [0.4, 0.5) is 5.69 Å². The summed E-state index contributed by atoms with van der Waals surface area (Å²) in [6.45, 7) is 1.49. The summed E-state index contributed by atoms with van der Waals surface area (Å²) in [5.74, 6) is -0.640. The molecule has 8 nitrogen and oxygen atoms in total. The van der Waals surface area contributed by atoms with Crippen LogP contribution in [0.3, 0.4) is 0 Å². The minimum absolute atomic E-state index is 0.00762. The van der Waals surface area contributed by atoms with E-state index in [0.717, 1.165) is 0 Å². The number of nitrogens with one attached hydrogen (secondary N) is 1. The molecule has 31 heavy (non-hydrogen) atoms. The second kappa shape index (κ2) is 9.59. The Morgan fingerprint density at radius 3 is 2.32 bits per heavy atom. The minimum Gasteiger partial charge on any atom is -0.468 e. The fourth-order valence-electron chi connectivity index (χ4n) is 2.76. The van der Waals surface area contributed by atoms with Gasteiger partial charge in [-0.1, -0.05) is 18.2 Å². The molecule has 0 saturated heterocycles. The minimum atomic E-state index is -3.78. The highest BCUT2D eigenvalue weighted by Gasteiger charge is 2.23. The molecule has 0 aliphatic heterocycles. The van der Waals surface area contributed by atoms with E-state index in [1.165, 1.54) is 42.4 Å². The van der Waals surface area contributed by atoms with Crippen molar-refractivity contribution in [1.29, 1.82) is 0 Å². The van der Waals surface area contributed by atoms with Gasteiger partial charge < -0.3 is 14.1 Å². The number of ether oxygens (including phenoxy) is 1. The molecule has 1 aromatic heterocycles. The Balaban J connectivity index is 1.61. The SMILES string of the molecule is CC(OC(=O)c1ccc(S(=O)(=O)NCc2ccco2)cc1)C(=O)N(C)c1ccccc1. The van der Waals surface area contributed by atoms with Crippen molar-refractivity contribution in [3.63, 3.8) is 0 Å². The maximum absolute atomic E-state index is 12.5. The Kier molecular flexibility index (Phi) is 6.88. The molecule has 1 atom stereocenters. The number of anilines is 1. The molecule has 1 heterocycles. The van der Waals surface area contributed by atoms with E-state index in [0.29, 0.717) is 11.4 Å². The number of hydrogen-bond acceptors (Lipinski definition) is 6. The van der Waals surface area contributed by atoms with Crippen LogP contribution in [0, 0.1) is 0 Å². The molecule has 0 spiro atoms. The van der Waals surface area contributed by atoms with Crippen LogP contribution < -0.4 is 9.62 Å². The van der Waals surface area contributed by atoms with E-state index in [2.05, 4.69) is 4.72 Å². The third kappa shape index (κ3) is 5.59. The molecule has 1 unspecified atom stereocenters. The number of carbonyl (C=O) groups is 2. The zero-order valence-corrected chi connectivity index (χ0v) is 17.8. The summed E-state index contributed by atoms with van der Waals surface area (Å²) < 4.78 is 37.5. The molecule has 0 aliphatic rings. The molecule has 3 rings (SSSR count). The topological polar surface area (TPSA) is 106 Å². The Morgan fingerprint density at radius 2 is 1.71 bits per heavy atom. The Morgan fingerprint density at radius 1 is 1.03 bits per heavy atom. The number of carbonyl (C=O) groups excluding carboxylic acids is 2. The summed E-state index contributed by atoms with van der Waals surface area (Å²) in [6, 6.07) is 17.5. The number of likely N-dealkylation sites (N-methyl/N-ethyl adjacent to an activating group) is 1. The average Bonchev–Trinajstić information content (AvgIpc) is 3.31. The van der Waals surface area contributed by atoms with E-state index in [1.54, 1.807) is 43.4 Å². The number of nitrogens with zero attached hydrogens (tertiary/aromatic N) is 1. The zero-order valence-electron chi connectivity index (χ0n) is 17.0. The monoisotopic (exact) mass is 442 g/mol. The van der Waals surface area contributed by atoms with Crippen molar-refractivity contribution in [2.75, 3.05) is 11.9 Å².